The van der Waals surface area contributed by atoms with E-state index >= 15 is 0 Å². The van der Waals surface area contributed by atoms with E-state index in [4.69, 9.17) is 16.3 Å². The maximum Gasteiger partial charge on any atom is 0.268 e. The van der Waals surface area contributed by atoms with Crippen LogP contribution in [-0.4, -0.2) is 37.0 Å². The Morgan fingerprint density at radius 2 is 1.69 bits per heavy atom. The first-order valence-corrected chi connectivity index (χ1v) is 9.39. The Hall–Kier alpha value is -2.08. The lowest BCUT2D eigenvalue weighted by Crippen LogP contribution is -2.33. The van der Waals surface area contributed by atoms with Crippen LogP contribution in [0.25, 0.3) is 5.57 Å². The average Bonchev–Trinajstić information content (AvgIpc) is 2.88. The standard InChI is InChI=1S/C20H18ClNO3S/c1-25-13-5-12-22-19(23)17(14-8-10-15(21)11-9-14)18(20(22)24)26-16-6-3-2-4-7-16/h2-4,6-11H,5,12-13H2,1H3. The first kappa shape index (κ1) is 18.7. The van der Waals surface area contributed by atoms with Crippen molar-refractivity contribution >= 4 is 40.8 Å². The number of methoxy groups -OCH3 is 1. The molecule has 2 amide bonds. The SMILES string of the molecule is COCCCN1C(=O)C(Sc2ccccc2)=C(c2ccc(Cl)cc2)C1=O. The Kier molecular flexibility index (Phi) is 6.14. The summed E-state index contributed by atoms with van der Waals surface area (Å²) in [5, 5.41) is 0.584. The maximum absolute atomic E-state index is 13.0. The molecule has 4 nitrogen and oxygen atoms in total. The van der Waals surface area contributed by atoms with Gasteiger partial charge < -0.3 is 4.74 Å². The van der Waals surface area contributed by atoms with Gasteiger partial charge in [0.1, 0.15) is 0 Å². The molecule has 0 aliphatic carbocycles. The highest BCUT2D eigenvalue weighted by molar-refractivity contribution is 8.04. The van der Waals surface area contributed by atoms with Crippen molar-refractivity contribution in [3.63, 3.8) is 0 Å². The van der Waals surface area contributed by atoms with Gasteiger partial charge >= 0.3 is 0 Å². The summed E-state index contributed by atoms with van der Waals surface area (Å²) >= 11 is 7.28. The van der Waals surface area contributed by atoms with Gasteiger partial charge in [0.15, 0.2) is 0 Å². The van der Waals surface area contributed by atoms with Crippen LogP contribution < -0.4 is 0 Å². The number of amides is 2. The highest BCUT2D eigenvalue weighted by Gasteiger charge is 2.39. The lowest BCUT2D eigenvalue weighted by atomic mass is 10.1. The van der Waals surface area contributed by atoms with Crippen LogP contribution in [0.2, 0.25) is 5.02 Å². The van der Waals surface area contributed by atoms with Gasteiger partial charge in [-0.05, 0) is 36.2 Å². The van der Waals surface area contributed by atoms with Gasteiger partial charge in [-0.1, -0.05) is 53.7 Å². The molecule has 1 heterocycles. The van der Waals surface area contributed by atoms with Gasteiger partial charge in [-0.2, -0.15) is 0 Å². The Balaban J connectivity index is 1.97. The van der Waals surface area contributed by atoms with Crippen LogP contribution in [0.4, 0.5) is 0 Å². The third-order valence-electron chi connectivity index (χ3n) is 3.95. The maximum atomic E-state index is 13.0. The van der Waals surface area contributed by atoms with Crippen LogP contribution in [0.15, 0.2) is 64.4 Å². The number of imide groups is 1. The van der Waals surface area contributed by atoms with Gasteiger partial charge in [-0.25, -0.2) is 0 Å². The predicted octanol–water partition coefficient (Wildman–Crippen LogP) is 4.25. The molecular weight excluding hydrogens is 370 g/mol. The van der Waals surface area contributed by atoms with Crippen molar-refractivity contribution in [1.29, 1.82) is 0 Å². The van der Waals surface area contributed by atoms with Gasteiger partial charge in [-0.3, -0.25) is 14.5 Å². The molecule has 26 heavy (non-hydrogen) atoms. The van der Waals surface area contributed by atoms with E-state index < -0.39 is 0 Å². The van der Waals surface area contributed by atoms with E-state index in [2.05, 4.69) is 0 Å². The van der Waals surface area contributed by atoms with E-state index in [1.54, 1.807) is 31.4 Å². The van der Waals surface area contributed by atoms with Gasteiger partial charge in [0.25, 0.3) is 11.8 Å². The molecule has 0 N–H and O–H groups in total. The highest BCUT2D eigenvalue weighted by Crippen LogP contribution is 2.39. The highest BCUT2D eigenvalue weighted by atomic mass is 35.5. The average molecular weight is 388 g/mol. The molecule has 0 fully saturated rings. The number of carbonyl (C=O) groups is 2. The second-order valence-corrected chi connectivity index (χ2v) is 7.25. The summed E-state index contributed by atoms with van der Waals surface area (Å²) in [6.07, 6.45) is 0.602. The Morgan fingerprint density at radius 3 is 2.35 bits per heavy atom. The monoisotopic (exact) mass is 387 g/mol. The summed E-state index contributed by atoms with van der Waals surface area (Å²) in [6, 6.07) is 16.5. The van der Waals surface area contributed by atoms with Crippen molar-refractivity contribution in [2.45, 2.75) is 11.3 Å². The number of halogens is 1. The molecular formula is C20H18ClNO3S. The van der Waals surface area contributed by atoms with Gasteiger partial charge in [-0.15, -0.1) is 0 Å². The van der Waals surface area contributed by atoms with Crippen molar-refractivity contribution in [3.05, 3.63) is 70.1 Å². The molecule has 1 aliphatic rings. The van der Waals surface area contributed by atoms with Crippen LogP contribution in [0.3, 0.4) is 0 Å². The lowest BCUT2D eigenvalue weighted by molar-refractivity contribution is -0.136. The first-order chi connectivity index (χ1) is 12.6. The Bertz CT molecular complexity index is 834. The molecule has 0 atom stereocenters. The third-order valence-corrected chi connectivity index (χ3v) is 5.29. The van der Waals surface area contributed by atoms with Crippen LogP contribution in [0, 0.1) is 0 Å². The minimum absolute atomic E-state index is 0.259. The van der Waals surface area contributed by atoms with E-state index in [0.29, 0.717) is 40.6 Å². The topological polar surface area (TPSA) is 46.6 Å². The minimum Gasteiger partial charge on any atom is -0.385 e. The Labute approximate surface area is 161 Å². The quantitative estimate of drug-likeness (QED) is 0.526. The van der Waals surface area contributed by atoms with E-state index in [0.717, 1.165) is 4.90 Å². The molecule has 0 spiro atoms. The summed E-state index contributed by atoms with van der Waals surface area (Å²) in [4.78, 5) is 28.5. The van der Waals surface area contributed by atoms with Crippen molar-refractivity contribution in [2.75, 3.05) is 20.3 Å². The number of hydrogen-bond donors (Lipinski definition) is 0. The fourth-order valence-corrected chi connectivity index (χ4v) is 3.86. The molecule has 0 bridgehead atoms. The fourth-order valence-electron chi connectivity index (χ4n) is 2.70. The van der Waals surface area contributed by atoms with Gasteiger partial charge in [0.05, 0.1) is 10.5 Å². The van der Waals surface area contributed by atoms with Crippen molar-refractivity contribution in [3.8, 4) is 0 Å². The minimum atomic E-state index is -0.271. The van der Waals surface area contributed by atoms with Crippen LogP contribution in [-0.2, 0) is 14.3 Å². The van der Waals surface area contributed by atoms with Crippen LogP contribution >= 0.6 is 23.4 Å². The number of hydrogen-bond acceptors (Lipinski definition) is 4. The zero-order valence-corrected chi connectivity index (χ0v) is 15.8. The summed E-state index contributed by atoms with van der Waals surface area (Å²) in [7, 11) is 1.60. The van der Waals surface area contributed by atoms with E-state index in [1.165, 1.54) is 16.7 Å². The molecule has 134 valence electrons. The molecule has 0 unspecified atom stereocenters. The summed E-state index contributed by atoms with van der Waals surface area (Å²) in [5.74, 6) is -0.531. The molecule has 2 aromatic carbocycles. The third kappa shape index (κ3) is 4.01. The number of carbonyl (C=O) groups excluding carboxylic acids is 2. The van der Waals surface area contributed by atoms with E-state index in [1.807, 2.05) is 30.3 Å². The largest absolute Gasteiger partial charge is 0.385 e. The zero-order chi connectivity index (χ0) is 18.5. The second-order valence-electron chi connectivity index (χ2n) is 5.73. The van der Waals surface area contributed by atoms with E-state index in [-0.39, 0.29) is 11.8 Å². The molecule has 2 aromatic rings. The van der Waals surface area contributed by atoms with Crippen LogP contribution in [0.5, 0.6) is 0 Å². The number of nitrogens with zero attached hydrogens (tertiary/aromatic N) is 1. The van der Waals surface area contributed by atoms with Crippen molar-refractivity contribution < 1.29 is 14.3 Å². The van der Waals surface area contributed by atoms with Crippen LogP contribution in [0.1, 0.15) is 12.0 Å². The molecule has 6 heteroatoms. The number of benzene rings is 2. The first-order valence-electron chi connectivity index (χ1n) is 8.20. The molecule has 3 rings (SSSR count). The van der Waals surface area contributed by atoms with Gasteiger partial charge in [0.2, 0.25) is 0 Å². The summed E-state index contributed by atoms with van der Waals surface area (Å²) in [6.45, 7) is 0.829. The number of rotatable bonds is 7. The number of thioether (sulfide) groups is 1. The molecule has 0 saturated carbocycles. The zero-order valence-electron chi connectivity index (χ0n) is 14.3. The fraction of sp³-hybridized carbons (Fsp3) is 0.200. The van der Waals surface area contributed by atoms with E-state index in [9.17, 15) is 9.59 Å². The number of ether oxygens (including phenoxy) is 1. The summed E-state index contributed by atoms with van der Waals surface area (Å²) < 4.78 is 5.04. The summed E-state index contributed by atoms with van der Waals surface area (Å²) in [5.41, 5.74) is 1.12. The molecule has 1 aliphatic heterocycles. The predicted molar refractivity (Wildman–Crippen MR) is 104 cm³/mol. The smallest absolute Gasteiger partial charge is 0.268 e. The molecule has 0 saturated heterocycles. The second kappa shape index (κ2) is 8.54. The van der Waals surface area contributed by atoms with Crippen molar-refractivity contribution in [1.82, 2.24) is 4.90 Å². The Morgan fingerprint density at radius 1 is 1.00 bits per heavy atom. The van der Waals surface area contributed by atoms with Crippen molar-refractivity contribution in [2.24, 2.45) is 0 Å². The normalized spacial score (nSPS) is 14.5. The van der Waals surface area contributed by atoms with Gasteiger partial charge in [0, 0.05) is 30.2 Å². The lowest BCUT2D eigenvalue weighted by Gasteiger charge is -2.14. The molecule has 0 radical (unpaired) electrons. The molecule has 0 aromatic heterocycles.